The number of thiophene rings is 1. The Hall–Kier alpha value is -1.51. The number of halogens is 2. The van der Waals surface area contributed by atoms with Crippen molar-refractivity contribution < 1.29 is 4.79 Å². The van der Waals surface area contributed by atoms with Crippen molar-refractivity contribution in [2.75, 3.05) is 0 Å². The van der Waals surface area contributed by atoms with Gasteiger partial charge in [-0.05, 0) is 49.1 Å². The van der Waals surface area contributed by atoms with E-state index in [0.29, 0.717) is 18.0 Å². The van der Waals surface area contributed by atoms with Gasteiger partial charge in [0.25, 0.3) is 5.91 Å². The van der Waals surface area contributed by atoms with Gasteiger partial charge in [0.1, 0.15) is 12.7 Å². The molecule has 1 amide bonds. The molecule has 2 heterocycles. The molecular weight excluding hydrogens is 444 g/mol. The maximum Gasteiger partial charge on any atom is 0.261 e. The van der Waals surface area contributed by atoms with Crippen LogP contribution in [0, 0.1) is 0 Å². The summed E-state index contributed by atoms with van der Waals surface area (Å²) in [6.45, 7) is 1.10. The lowest BCUT2D eigenvalue weighted by Crippen LogP contribution is -2.22. The summed E-state index contributed by atoms with van der Waals surface area (Å²) >= 11 is 8.20. The molecule has 0 radical (unpaired) electrons. The Labute approximate surface area is 154 Å². The van der Waals surface area contributed by atoms with Crippen molar-refractivity contribution in [3.63, 3.8) is 0 Å². The molecule has 0 aliphatic carbocycles. The molecular formula is C15H12Br2N4OS. The fraction of sp³-hybridized carbons (Fsp3) is 0.133. The Morgan fingerprint density at radius 1 is 1.26 bits per heavy atom. The standard InChI is InChI=1S/C15H12Br2N4OS/c16-12-5-13(23-14(12)17)15(22)19-6-10-3-1-2-4-11(10)7-21-9-18-8-20-21/h1-5,8-9H,6-7H2,(H,19,22). The number of hydrogen-bond acceptors (Lipinski definition) is 4. The number of amides is 1. The molecule has 5 nitrogen and oxygen atoms in total. The number of hydrogen-bond donors (Lipinski definition) is 1. The summed E-state index contributed by atoms with van der Waals surface area (Å²) in [4.78, 5) is 16.9. The molecule has 118 valence electrons. The third-order valence-electron chi connectivity index (χ3n) is 3.23. The van der Waals surface area contributed by atoms with Gasteiger partial charge < -0.3 is 5.32 Å². The van der Waals surface area contributed by atoms with E-state index in [1.165, 1.54) is 17.7 Å². The first-order valence-electron chi connectivity index (χ1n) is 6.75. The Morgan fingerprint density at radius 3 is 2.70 bits per heavy atom. The fourth-order valence-electron chi connectivity index (χ4n) is 2.09. The highest BCUT2D eigenvalue weighted by molar-refractivity contribution is 9.13. The molecule has 23 heavy (non-hydrogen) atoms. The predicted octanol–water partition coefficient (Wildman–Crippen LogP) is 3.84. The minimum Gasteiger partial charge on any atom is -0.347 e. The van der Waals surface area contributed by atoms with Crippen molar-refractivity contribution in [1.82, 2.24) is 20.1 Å². The van der Waals surface area contributed by atoms with Gasteiger partial charge in [-0.1, -0.05) is 24.3 Å². The van der Waals surface area contributed by atoms with E-state index in [1.807, 2.05) is 30.3 Å². The Balaban J connectivity index is 1.69. The SMILES string of the molecule is O=C(NCc1ccccc1Cn1cncn1)c1cc(Br)c(Br)s1. The maximum atomic E-state index is 12.2. The van der Waals surface area contributed by atoms with Crippen LogP contribution in [0.3, 0.4) is 0 Å². The molecule has 3 rings (SSSR count). The number of aromatic nitrogens is 3. The second kappa shape index (κ2) is 7.37. The zero-order chi connectivity index (χ0) is 16.2. The summed E-state index contributed by atoms with van der Waals surface area (Å²) in [5.74, 6) is -0.0861. The molecule has 0 bridgehead atoms. The van der Waals surface area contributed by atoms with Crippen molar-refractivity contribution in [3.8, 4) is 0 Å². The van der Waals surface area contributed by atoms with E-state index in [9.17, 15) is 4.79 Å². The topological polar surface area (TPSA) is 59.8 Å². The van der Waals surface area contributed by atoms with Crippen LogP contribution < -0.4 is 5.32 Å². The first kappa shape index (κ1) is 16.4. The molecule has 0 unspecified atom stereocenters. The lowest BCUT2D eigenvalue weighted by Gasteiger charge is -2.10. The van der Waals surface area contributed by atoms with Crippen LogP contribution >= 0.6 is 43.2 Å². The second-order valence-electron chi connectivity index (χ2n) is 4.78. The van der Waals surface area contributed by atoms with Crippen LogP contribution in [0.5, 0.6) is 0 Å². The molecule has 0 spiro atoms. The third kappa shape index (κ3) is 4.07. The highest BCUT2D eigenvalue weighted by Gasteiger charge is 2.12. The van der Waals surface area contributed by atoms with E-state index >= 15 is 0 Å². The van der Waals surface area contributed by atoms with Crippen LogP contribution in [0.2, 0.25) is 0 Å². The van der Waals surface area contributed by atoms with Crippen LogP contribution in [-0.4, -0.2) is 20.7 Å². The summed E-state index contributed by atoms with van der Waals surface area (Å²) in [6.07, 6.45) is 3.19. The number of carbonyl (C=O) groups is 1. The van der Waals surface area contributed by atoms with Crippen LogP contribution in [0.15, 0.2) is 51.2 Å². The zero-order valence-corrected chi connectivity index (χ0v) is 15.9. The molecule has 8 heteroatoms. The number of nitrogens with one attached hydrogen (secondary N) is 1. The van der Waals surface area contributed by atoms with E-state index in [0.717, 1.165) is 19.4 Å². The largest absolute Gasteiger partial charge is 0.347 e. The molecule has 0 saturated carbocycles. The average Bonchev–Trinajstić information content (AvgIpc) is 3.17. The minimum absolute atomic E-state index is 0.0861. The molecule has 0 fully saturated rings. The smallest absolute Gasteiger partial charge is 0.261 e. The highest BCUT2D eigenvalue weighted by Crippen LogP contribution is 2.32. The molecule has 3 aromatic rings. The summed E-state index contributed by atoms with van der Waals surface area (Å²) in [6, 6.07) is 9.79. The lowest BCUT2D eigenvalue weighted by atomic mass is 10.1. The normalized spacial score (nSPS) is 10.7. The molecule has 0 saturated heterocycles. The van der Waals surface area contributed by atoms with Crippen LogP contribution in [0.25, 0.3) is 0 Å². The highest BCUT2D eigenvalue weighted by atomic mass is 79.9. The van der Waals surface area contributed by atoms with Crippen molar-refractivity contribution in [1.29, 1.82) is 0 Å². The van der Waals surface area contributed by atoms with Gasteiger partial charge in [0.2, 0.25) is 0 Å². The quantitative estimate of drug-likeness (QED) is 0.635. The Kier molecular flexibility index (Phi) is 5.24. The van der Waals surface area contributed by atoms with Crippen molar-refractivity contribution in [2.45, 2.75) is 13.1 Å². The summed E-state index contributed by atoms with van der Waals surface area (Å²) in [5.41, 5.74) is 2.16. The van der Waals surface area contributed by atoms with Gasteiger partial charge in [-0.25, -0.2) is 9.67 Å². The van der Waals surface area contributed by atoms with E-state index in [4.69, 9.17) is 0 Å². The zero-order valence-electron chi connectivity index (χ0n) is 11.9. The minimum atomic E-state index is -0.0861. The average molecular weight is 456 g/mol. The Bertz CT molecular complexity index is 797. The molecule has 0 atom stereocenters. The fourth-order valence-corrected chi connectivity index (χ4v) is 4.05. The van der Waals surface area contributed by atoms with E-state index in [-0.39, 0.29) is 5.91 Å². The van der Waals surface area contributed by atoms with Crippen LogP contribution in [0.1, 0.15) is 20.8 Å². The van der Waals surface area contributed by atoms with Crippen molar-refractivity contribution in [2.24, 2.45) is 0 Å². The molecule has 0 aliphatic rings. The number of rotatable bonds is 5. The van der Waals surface area contributed by atoms with Crippen molar-refractivity contribution in [3.05, 3.63) is 67.2 Å². The van der Waals surface area contributed by atoms with E-state index in [1.54, 1.807) is 11.0 Å². The van der Waals surface area contributed by atoms with Gasteiger partial charge in [0.05, 0.1) is 15.2 Å². The monoisotopic (exact) mass is 454 g/mol. The maximum absolute atomic E-state index is 12.2. The van der Waals surface area contributed by atoms with Gasteiger partial charge in [-0.2, -0.15) is 5.10 Å². The number of benzene rings is 1. The van der Waals surface area contributed by atoms with Gasteiger partial charge in [0.15, 0.2) is 0 Å². The van der Waals surface area contributed by atoms with Crippen molar-refractivity contribution >= 4 is 49.1 Å². The summed E-state index contributed by atoms with van der Waals surface area (Å²) < 4.78 is 3.56. The van der Waals surface area contributed by atoms with E-state index in [2.05, 4.69) is 47.3 Å². The summed E-state index contributed by atoms with van der Waals surface area (Å²) in [7, 11) is 0. The molecule has 1 aromatic carbocycles. The second-order valence-corrected chi connectivity index (χ2v) is 8.00. The number of carbonyl (C=O) groups excluding carboxylic acids is 1. The number of nitrogens with zero attached hydrogens (tertiary/aromatic N) is 3. The first-order valence-corrected chi connectivity index (χ1v) is 9.16. The van der Waals surface area contributed by atoms with Crippen LogP contribution in [-0.2, 0) is 13.1 Å². The third-order valence-corrected chi connectivity index (χ3v) is 6.48. The van der Waals surface area contributed by atoms with Gasteiger partial charge in [0, 0.05) is 11.0 Å². The molecule has 2 aromatic heterocycles. The van der Waals surface area contributed by atoms with Gasteiger partial charge in [-0.3, -0.25) is 4.79 Å². The lowest BCUT2D eigenvalue weighted by molar-refractivity contribution is 0.0955. The Morgan fingerprint density at radius 2 is 2.04 bits per heavy atom. The van der Waals surface area contributed by atoms with Gasteiger partial charge in [-0.15, -0.1) is 11.3 Å². The first-order chi connectivity index (χ1) is 11.1. The molecule has 1 N–H and O–H groups in total. The molecule has 0 aliphatic heterocycles. The predicted molar refractivity (Wildman–Crippen MR) is 96.5 cm³/mol. The van der Waals surface area contributed by atoms with Crippen LogP contribution in [0.4, 0.5) is 0 Å². The van der Waals surface area contributed by atoms with E-state index < -0.39 is 0 Å². The summed E-state index contributed by atoms with van der Waals surface area (Å²) in [5, 5.41) is 7.08. The van der Waals surface area contributed by atoms with Gasteiger partial charge >= 0.3 is 0 Å².